The van der Waals surface area contributed by atoms with Gasteiger partial charge in [-0.15, -0.1) is 0 Å². The van der Waals surface area contributed by atoms with Crippen LogP contribution in [0.1, 0.15) is 59.8 Å². The lowest BCUT2D eigenvalue weighted by atomic mass is 9.98. The van der Waals surface area contributed by atoms with E-state index in [1.807, 2.05) is 9.42 Å². The highest BCUT2D eigenvalue weighted by Gasteiger charge is 2.33. The second kappa shape index (κ2) is 9.68. The van der Waals surface area contributed by atoms with Gasteiger partial charge in [0.1, 0.15) is 17.4 Å². The number of halogens is 1. The summed E-state index contributed by atoms with van der Waals surface area (Å²) in [5.41, 5.74) is 9.50. The average Bonchev–Trinajstić information content (AvgIpc) is 3.51. The van der Waals surface area contributed by atoms with Gasteiger partial charge in [-0.2, -0.15) is 9.61 Å². The summed E-state index contributed by atoms with van der Waals surface area (Å²) in [5.74, 6) is 2.50. The van der Waals surface area contributed by atoms with Crippen LogP contribution in [0, 0.1) is 6.92 Å². The summed E-state index contributed by atoms with van der Waals surface area (Å²) < 4.78 is 8.11. The number of piperidine rings is 1. The van der Waals surface area contributed by atoms with Gasteiger partial charge in [0.25, 0.3) is 5.91 Å². The van der Waals surface area contributed by atoms with Gasteiger partial charge in [-0.1, -0.05) is 11.6 Å². The number of amides is 1. The Morgan fingerprint density at radius 2 is 1.97 bits per heavy atom. The molecule has 2 fully saturated rings. The number of rotatable bonds is 1. The topological polar surface area (TPSA) is 92.2 Å². The number of nitrogens with zero attached hydrogens (tertiary/aromatic N) is 6. The summed E-state index contributed by atoms with van der Waals surface area (Å²) in [5, 5.41) is 5.61. The quantitative estimate of drug-likeness (QED) is 0.518. The van der Waals surface area contributed by atoms with Crippen molar-refractivity contribution >= 4 is 34.8 Å². The van der Waals surface area contributed by atoms with E-state index in [2.05, 4.69) is 29.8 Å². The van der Waals surface area contributed by atoms with E-state index in [0.717, 1.165) is 80.3 Å². The number of carbonyl (C=O) groups is 1. The first-order valence-corrected chi connectivity index (χ1v) is 13.6. The molecule has 3 aliphatic rings. The van der Waals surface area contributed by atoms with Gasteiger partial charge in [-0.25, -0.2) is 4.98 Å². The monoisotopic (exact) mass is 523 g/mol. The van der Waals surface area contributed by atoms with Gasteiger partial charge in [0.05, 0.1) is 23.9 Å². The third kappa shape index (κ3) is 4.38. The van der Waals surface area contributed by atoms with Crippen molar-refractivity contribution in [3.63, 3.8) is 0 Å². The van der Waals surface area contributed by atoms with E-state index in [1.165, 1.54) is 0 Å². The van der Waals surface area contributed by atoms with Crippen molar-refractivity contribution in [2.24, 2.45) is 5.73 Å². The minimum atomic E-state index is -0.139. The second-order valence-electron chi connectivity index (χ2n) is 10.5. The Labute approximate surface area is 222 Å². The molecule has 0 aliphatic carbocycles. The number of benzene rings is 1. The van der Waals surface area contributed by atoms with Crippen molar-refractivity contribution in [3.05, 3.63) is 46.1 Å². The Morgan fingerprint density at radius 3 is 2.78 bits per heavy atom. The molecule has 1 aromatic carbocycles. The molecule has 37 heavy (non-hydrogen) atoms. The molecule has 1 amide bonds. The lowest BCUT2D eigenvalue weighted by Gasteiger charge is -2.35. The maximum absolute atomic E-state index is 13.9. The number of hydrogen-bond acceptors (Lipinski definition) is 7. The minimum Gasteiger partial charge on any atom is -0.493 e. The number of fused-ring (bicyclic) bond motifs is 4. The largest absolute Gasteiger partial charge is 0.493 e. The predicted molar refractivity (Wildman–Crippen MR) is 145 cm³/mol. The maximum Gasteiger partial charge on any atom is 0.258 e. The molecule has 2 atom stereocenters. The van der Waals surface area contributed by atoms with Crippen molar-refractivity contribution in [3.8, 4) is 5.75 Å². The van der Waals surface area contributed by atoms with E-state index in [-0.39, 0.29) is 18.0 Å². The molecule has 0 saturated carbocycles. The molecule has 2 bridgehead atoms. The lowest BCUT2D eigenvalue weighted by Crippen LogP contribution is -2.39. The highest BCUT2D eigenvalue weighted by atomic mass is 35.5. The SMILES string of the molecule is Cc1c(N2CCC(N)C2)nc2cc3nn2c1N(C)CCCOc1ccc(Cl)cc1C(=O)N1CCCCC31. The molecule has 10 heteroatoms. The van der Waals surface area contributed by atoms with Crippen LogP contribution in [0.3, 0.4) is 0 Å². The number of ether oxygens (including phenoxy) is 1. The van der Waals surface area contributed by atoms with Crippen LogP contribution in [0.5, 0.6) is 5.75 Å². The van der Waals surface area contributed by atoms with Crippen LogP contribution < -0.4 is 20.3 Å². The van der Waals surface area contributed by atoms with Gasteiger partial charge in [0.2, 0.25) is 0 Å². The smallest absolute Gasteiger partial charge is 0.258 e. The van der Waals surface area contributed by atoms with Crippen LogP contribution in [0.2, 0.25) is 5.02 Å². The maximum atomic E-state index is 13.9. The fourth-order valence-electron chi connectivity index (χ4n) is 6.00. The highest BCUT2D eigenvalue weighted by molar-refractivity contribution is 6.31. The summed E-state index contributed by atoms with van der Waals surface area (Å²) in [4.78, 5) is 25.4. The molecule has 6 rings (SSSR count). The summed E-state index contributed by atoms with van der Waals surface area (Å²) in [6, 6.07) is 7.39. The van der Waals surface area contributed by atoms with Crippen molar-refractivity contribution in [1.29, 1.82) is 0 Å². The number of hydrogen-bond donors (Lipinski definition) is 1. The first-order chi connectivity index (χ1) is 17.9. The fourth-order valence-corrected chi connectivity index (χ4v) is 6.17. The highest BCUT2D eigenvalue weighted by Crippen LogP contribution is 2.37. The van der Waals surface area contributed by atoms with Gasteiger partial charge in [0, 0.05) is 55.9 Å². The van der Waals surface area contributed by atoms with E-state index in [0.29, 0.717) is 29.5 Å². The molecule has 2 saturated heterocycles. The zero-order chi connectivity index (χ0) is 25.7. The molecular formula is C27H34ClN7O2. The van der Waals surface area contributed by atoms with E-state index in [1.54, 1.807) is 18.2 Å². The predicted octanol–water partition coefficient (Wildman–Crippen LogP) is 3.81. The summed E-state index contributed by atoms with van der Waals surface area (Å²) in [6.45, 7) is 5.73. The second-order valence-corrected chi connectivity index (χ2v) is 10.9. The van der Waals surface area contributed by atoms with Crippen LogP contribution in [-0.4, -0.2) is 71.3 Å². The van der Waals surface area contributed by atoms with Crippen LogP contribution in [-0.2, 0) is 0 Å². The molecular weight excluding hydrogens is 490 g/mol. The molecule has 0 spiro atoms. The Bertz CT molecular complexity index is 1340. The van der Waals surface area contributed by atoms with Crippen molar-refractivity contribution in [2.45, 2.75) is 51.1 Å². The van der Waals surface area contributed by atoms with Gasteiger partial charge < -0.3 is 25.2 Å². The van der Waals surface area contributed by atoms with E-state index in [9.17, 15) is 4.79 Å². The fraction of sp³-hybridized carbons (Fsp3) is 0.519. The lowest BCUT2D eigenvalue weighted by molar-refractivity contribution is 0.0601. The normalized spacial score (nSPS) is 22.7. The number of nitrogens with two attached hydrogens (primary N) is 1. The Morgan fingerprint density at radius 1 is 1.11 bits per heavy atom. The van der Waals surface area contributed by atoms with Crippen LogP contribution in [0.4, 0.5) is 11.6 Å². The average molecular weight is 524 g/mol. The minimum absolute atomic E-state index is 0.0652. The van der Waals surface area contributed by atoms with Gasteiger partial charge in [0.15, 0.2) is 5.65 Å². The molecule has 2 N–H and O–H groups in total. The zero-order valence-electron chi connectivity index (χ0n) is 21.5. The molecule has 2 aromatic heterocycles. The van der Waals surface area contributed by atoms with Gasteiger partial charge in [-0.05, 0) is 57.2 Å². The van der Waals surface area contributed by atoms with Crippen LogP contribution in [0.25, 0.3) is 5.65 Å². The third-order valence-corrected chi connectivity index (χ3v) is 8.09. The number of anilines is 2. The third-order valence-electron chi connectivity index (χ3n) is 7.86. The van der Waals surface area contributed by atoms with Crippen molar-refractivity contribution < 1.29 is 9.53 Å². The Kier molecular flexibility index (Phi) is 6.36. The van der Waals surface area contributed by atoms with E-state index in [4.69, 9.17) is 32.2 Å². The van der Waals surface area contributed by atoms with Gasteiger partial charge >= 0.3 is 0 Å². The molecule has 0 radical (unpaired) electrons. The molecule has 2 unspecified atom stereocenters. The standard InChI is InChI=1S/C27H34ClN7O2/c1-17-25(33-12-9-19(29)16-33)30-24-15-21-22-6-3-4-11-34(22)27(36)20-14-18(28)7-8-23(20)37-13-5-10-32(2)26(17)35(24)31-21/h7-8,14-15,19,22H,3-6,9-13,16,29H2,1-2H3. The first kappa shape index (κ1) is 24.3. The summed E-state index contributed by atoms with van der Waals surface area (Å²) in [6.07, 6.45) is 4.59. The van der Waals surface area contributed by atoms with E-state index >= 15 is 0 Å². The molecule has 3 aliphatic heterocycles. The first-order valence-electron chi connectivity index (χ1n) is 13.3. The number of carbonyl (C=O) groups excluding carboxylic acids is 1. The Balaban J connectivity index is 1.50. The van der Waals surface area contributed by atoms with Crippen LogP contribution in [0.15, 0.2) is 24.3 Å². The molecule has 196 valence electrons. The molecule has 3 aromatic rings. The summed E-state index contributed by atoms with van der Waals surface area (Å²) >= 11 is 6.32. The van der Waals surface area contributed by atoms with E-state index < -0.39 is 0 Å². The van der Waals surface area contributed by atoms with Crippen molar-refractivity contribution in [1.82, 2.24) is 19.5 Å². The van der Waals surface area contributed by atoms with Gasteiger partial charge in [-0.3, -0.25) is 4.79 Å². The molecule has 5 heterocycles. The Hall–Kier alpha value is -3.04. The summed E-state index contributed by atoms with van der Waals surface area (Å²) in [7, 11) is 2.10. The molecule has 9 nitrogen and oxygen atoms in total. The van der Waals surface area contributed by atoms with Crippen LogP contribution >= 0.6 is 11.6 Å². The van der Waals surface area contributed by atoms with Crippen molar-refractivity contribution in [2.75, 3.05) is 49.6 Å². The number of aromatic nitrogens is 3. The zero-order valence-corrected chi connectivity index (χ0v) is 22.2.